The van der Waals surface area contributed by atoms with Gasteiger partial charge in [-0.2, -0.15) is 16.9 Å². The zero-order valence-corrected chi connectivity index (χ0v) is 14.3. The number of aromatic amines is 1. The van der Waals surface area contributed by atoms with E-state index in [9.17, 15) is 9.59 Å². The molecule has 0 aliphatic heterocycles. The number of nitrogens with zero attached hydrogens (tertiary/aromatic N) is 1. The zero-order chi connectivity index (χ0) is 16.9. The molecule has 0 atom stereocenters. The number of hydrogen-bond acceptors (Lipinski definition) is 4. The van der Waals surface area contributed by atoms with Crippen molar-refractivity contribution in [2.75, 3.05) is 11.1 Å². The monoisotopic (exact) mass is 344 g/mol. The Balaban J connectivity index is 1.64. The Morgan fingerprint density at radius 3 is 2.67 bits per heavy atom. The molecule has 0 saturated heterocycles. The van der Waals surface area contributed by atoms with Crippen LogP contribution in [0.4, 0.5) is 5.69 Å². The number of carbonyl (C=O) groups is 2. The summed E-state index contributed by atoms with van der Waals surface area (Å²) in [6.07, 6.45) is 3.46. The second kappa shape index (κ2) is 7.53. The molecule has 1 aliphatic rings. The predicted octanol–water partition coefficient (Wildman–Crippen LogP) is 2.81. The van der Waals surface area contributed by atoms with Crippen LogP contribution >= 0.6 is 11.8 Å². The number of thioether (sulfide) groups is 1. The van der Waals surface area contributed by atoms with Crippen molar-refractivity contribution < 1.29 is 9.59 Å². The van der Waals surface area contributed by atoms with Gasteiger partial charge in [0.1, 0.15) is 5.69 Å². The molecule has 2 amide bonds. The van der Waals surface area contributed by atoms with Gasteiger partial charge in [-0.1, -0.05) is 19.1 Å². The Bertz CT molecular complexity index is 722. The summed E-state index contributed by atoms with van der Waals surface area (Å²) < 4.78 is 0. The van der Waals surface area contributed by atoms with Gasteiger partial charge in [0.25, 0.3) is 11.8 Å². The fourth-order valence-electron chi connectivity index (χ4n) is 2.21. The topological polar surface area (TPSA) is 86.9 Å². The van der Waals surface area contributed by atoms with Crippen LogP contribution in [0.1, 0.15) is 46.2 Å². The second-order valence-corrected chi connectivity index (χ2v) is 6.97. The van der Waals surface area contributed by atoms with E-state index in [1.54, 1.807) is 12.1 Å². The predicted molar refractivity (Wildman–Crippen MR) is 95.3 cm³/mol. The molecule has 1 heterocycles. The molecule has 6 nitrogen and oxygen atoms in total. The van der Waals surface area contributed by atoms with Crippen molar-refractivity contribution in [2.24, 2.45) is 0 Å². The van der Waals surface area contributed by atoms with Crippen LogP contribution in [0.3, 0.4) is 0 Å². The van der Waals surface area contributed by atoms with Crippen LogP contribution < -0.4 is 10.6 Å². The van der Waals surface area contributed by atoms with Gasteiger partial charge >= 0.3 is 0 Å². The van der Waals surface area contributed by atoms with E-state index in [4.69, 9.17) is 0 Å². The largest absolute Gasteiger partial charge is 0.348 e. The summed E-state index contributed by atoms with van der Waals surface area (Å²) in [5.41, 5.74) is 2.41. The first-order valence-electron chi connectivity index (χ1n) is 7.99. The van der Waals surface area contributed by atoms with Gasteiger partial charge in [-0.25, -0.2) is 0 Å². The summed E-state index contributed by atoms with van der Waals surface area (Å²) in [5, 5.41) is 12.1. The Morgan fingerprint density at radius 2 is 2.00 bits per heavy atom. The molecule has 2 aromatic rings. The first kappa shape index (κ1) is 16.6. The molecule has 0 spiro atoms. The van der Waals surface area contributed by atoms with E-state index in [1.807, 2.05) is 23.9 Å². The summed E-state index contributed by atoms with van der Waals surface area (Å²) >= 11 is 1.84. The normalized spacial score (nSPS) is 13.5. The molecule has 1 fully saturated rings. The van der Waals surface area contributed by atoms with Gasteiger partial charge in [-0.05, 0) is 36.3 Å². The second-order valence-electron chi connectivity index (χ2n) is 5.69. The lowest BCUT2D eigenvalue weighted by atomic mass is 10.1. The Labute approximate surface area is 144 Å². The Morgan fingerprint density at radius 1 is 1.25 bits per heavy atom. The minimum absolute atomic E-state index is 0.239. The van der Waals surface area contributed by atoms with E-state index >= 15 is 0 Å². The van der Waals surface area contributed by atoms with E-state index in [0.29, 0.717) is 11.3 Å². The maximum atomic E-state index is 12.4. The molecule has 1 saturated carbocycles. The molecule has 3 N–H and O–H groups in total. The standard InChI is InChI=1S/C17H20N4O2S/c1-2-24-10-11-3-5-12(6-4-11)16(22)20-14-9-18-21-15(14)17(23)19-13-7-8-13/h3-6,9,13H,2,7-8,10H2,1H3,(H,18,21)(H,19,23)(H,20,22). The van der Waals surface area contributed by atoms with Gasteiger partial charge in [-0.15, -0.1) is 0 Å². The lowest BCUT2D eigenvalue weighted by Gasteiger charge is -2.07. The van der Waals surface area contributed by atoms with E-state index in [-0.39, 0.29) is 23.6 Å². The van der Waals surface area contributed by atoms with Crippen LogP contribution in [0.5, 0.6) is 0 Å². The number of hydrogen-bond donors (Lipinski definition) is 3. The van der Waals surface area contributed by atoms with E-state index in [2.05, 4.69) is 27.8 Å². The van der Waals surface area contributed by atoms with Crippen LogP contribution in [0.2, 0.25) is 0 Å². The van der Waals surface area contributed by atoms with Crippen LogP contribution in [-0.4, -0.2) is 33.8 Å². The van der Waals surface area contributed by atoms with Gasteiger partial charge in [0, 0.05) is 17.4 Å². The van der Waals surface area contributed by atoms with Gasteiger partial charge in [0.05, 0.1) is 11.9 Å². The maximum absolute atomic E-state index is 12.4. The smallest absolute Gasteiger partial charge is 0.271 e. The van der Waals surface area contributed by atoms with Crippen LogP contribution in [0.15, 0.2) is 30.5 Å². The molecule has 3 rings (SSSR count). The van der Waals surface area contributed by atoms with Crippen molar-refractivity contribution in [1.29, 1.82) is 0 Å². The third-order valence-electron chi connectivity index (χ3n) is 3.72. The summed E-state index contributed by atoms with van der Waals surface area (Å²) in [5.74, 6) is 1.50. The van der Waals surface area contributed by atoms with Gasteiger partial charge in [0.15, 0.2) is 0 Å². The fraction of sp³-hybridized carbons (Fsp3) is 0.353. The quantitative estimate of drug-likeness (QED) is 0.721. The number of rotatable bonds is 7. The average Bonchev–Trinajstić information content (AvgIpc) is 3.28. The van der Waals surface area contributed by atoms with Crippen LogP contribution in [0.25, 0.3) is 0 Å². The Kier molecular flexibility index (Phi) is 5.20. The number of amides is 2. The molecule has 0 unspecified atom stereocenters. The molecule has 7 heteroatoms. The molecule has 126 valence electrons. The highest BCUT2D eigenvalue weighted by Gasteiger charge is 2.26. The van der Waals surface area contributed by atoms with Crippen molar-refractivity contribution in [3.8, 4) is 0 Å². The van der Waals surface area contributed by atoms with Crippen molar-refractivity contribution in [3.05, 3.63) is 47.3 Å². The lowest BCUT2D eigenvalue weighted by molar-refractivity contribution is 0.0947. The number of anilines is 1. The minimum atomic E-state index is -0.258. The highest BCUT2D eigenvalue weighted by Crippen LogP contribution is 2.21. The SMILES string of the molecule is CCSCc1ccc(C(=O)Nc2cn[nH]c2C(=O)NC2CC2)cc1. The maximum Gasteiger partial charge on any atom is 0.271 e. The number of benzene rings is 1. The summed E-state index contributed by atoms with van der Waals surface area (Å²) in [7, 11) is 0. The van der Waals surface area contributed by atoms with E-state index in [0.717, 1.165) is 24.3 Å². The van der Waals surface area contributed by atoms with Crippen LogP contribution in [0, 0.1) is 0 Å². The van der Waals surface area contributed by atoms with Gasteiger partial charge in [-0.3, -0.25) is 14.7 Å². The van der Waals surface area contributed by atoms with Crippen molar-refractivity contribution in [1.82, 2.24) is 15.5 Å². The van der Waals surface area contributed by atoms with Crippen LogP contribution in [-0.2, 0) is 5.75 Å². The molecule has 0 bridgehead atoms. The molecule has 1 aromatic heterocycles. The average molecular weight is 344 g/mol. The van der Waals surface area contributed by atoms with Gasteiger partial charge < -0.3 is 10.6 Å². The molecular formula is C17H20N4O2S. The number of H-pyrrole nitrogens is 1. The third kappa shape index (κ3) is 4.17. The van der Waals surface area contributed by atoms with E-state index in [1.165, 1.54) is 11.8 Å². The summed E-state index contributed by atoms with van der Waals surface area (Å²) in [4.78, 5) is 24.5. The molecule has 1 aliphatic carbocycles. The lowest BCUT2D eigenvalue weighted by Crippen LogP contribution is -2.27. The number of nitrogens with one attached hydrogen (secondary N) is 3. The molecule has 1 aromatic carbocycles. The molecular weight excluding hydrogens is 324 g/mol. The minimum Gasteiger partial charge on any atom is -0.348 e. The zero-order valence-electron chi connectivity index (χ0n) is 13.5. The highest BCUT2D eigenvalue weighted by atomic mass is 32.2. The first-order valence-corrected chi connectivity index (χ1v) is 9.15. The van der Waals surface area contributed by atoms with E-state index < -0.39 is 0 Å². The summed E-state index contributed by atoms with van der Waals surface area (Å²) in [6, 6.07) is 7.75. The van der Waals surface area contributed by atoms with Gasteiger partial charge in [0.2, 0.25) is 0 Å². The number of aromatic nitrogens is 2. The van der Waals surface area contributed by atoms with Crippen molar-refractivity contribution >= 4 is 29.3 Å². The van der Waals surface area contributed by atoms with Crippen molar-refractivity contribution in [2.45, 2.75) is 31.6 Å². The Hall–Kier alpha value is -2.28. The third-order valence-corrected chi connectivity index (χ3v) is 4.66. The number of carbonyl (C=O) groups excluding carboxylic acids is 2. The summed E-state index contributed by atoms with van der Waals surface area (Å²) in [6.45, 7) is 2.12. The first-order chi connectivity index (χ1) is 11.7. The molecule has 0 radical (unpaired) electrons. The highest BCUT2D eigenvalue weighted by molar-refractivity contribution is 7.98. The fourth-order valence-corrected chi connectivity index (χ4v) is 2.84. The molecule has 24 heavy (non-hydrogen) atoms. The van der Waals surface area contributed by atoms with Crippen molar-refractivity contribution in [3.63, 3.8) is 0 Å².